The third-order valence-electron chi connectivity index (χ3n) is 14.9. The number of likely N-dealkylation sites (tertiary alicyclic amines) is 2. The number of aliphatic imine (C=N–C) groups is 1. The molecule has 23 heteroatoms. The Kier molecular flexibility index (Phi) is 19.3. The van der Waals surface area contributed by atoms with Crippen LogP contribution in [0.5, 0.6) is 5.75 Å². The standard InChI is InChI=1S/C55H68F2N12O8S/c1-33(60-3)52(72)63-49(55(74)68-17-6-7-44(68)53-62-43(32-78-53)50(71)36-8-10-38(56)11-9-36)35-14-18-67(19-15-35)22-24-76-26-25-75-23-16-47(70)65(4)20-21-69-45(29-58)48-37-27-46(51(59)61-30-37)77-34(2)41-28-39(57)12-13-40(41)54(73)66(5)31-42(48)64-69/h8-13,27-28,30,33-35,43-44,49,60H,6-7,14-26,31-32H2,1-5H3,(H2,59,61)(H,63,72)/t33-,34+,43?,44-,49-/m0/s1. The van der Waals surface area contributed by atoms with Crippen LogP contribution in [0.25, 0.3) is 11.1 Å². The summed E-state index contributed by atoms with van der Waals surface area (Å²) in [6, 6.07) is 11.1. The number of halogens is 2. The number of benzene rings is 2. The molecule has 1 unspecified atom stereocenters. The summed E-state index contributed by atoms with van der Waals surface area (Å²) in [6.07, 6.45) is 3.72. The lowest BCUT2D eigenvalue weighted by molar-refractivity contribution is -0.138. The number of nitriles is 1. The zero-order valence-corrected chi connectivity index (χ0v) is 45.5. The second kappa shape index (κ2) is 26.2. The van der Waals surface area contributed by atoms with Gasteiger partial charge in [-0.3, -0.25) is 33.6 Å². The van der Waals surface area contributed by atoms with Crippen LogP contribution < -0.4 is 21.1 Å². The highest BCUT2D eigenvalue weighted by Crippen LogP contribution is 2.37. The van der Waals surface area contributed by atoms with E-state index in [1.165, 1.54) is 70.0 Å². The number of pyridine rings is 1. The number of Topliss-reactive ketones (excluding diaryl/α,β-unsaturated/α-hetero) is 1. The van der Waals surface area contributed by atoms with Crippen molar-refractivity contribution < 1.29 is 47.0 Å². The fraction of sp³-hybridized carbons (Fsp3) is 0.509. The zero-order chi connectivity index (χ0) is 55.6. The number of hydrogen-bond donors (Lipinski definition) is 3. The van der Waals surface area contributed by atoms with Gasteiger partial charge in [0.15, 0.2) is 17.4 Å². The number of anilines is 1. The number of amides is 4. The van der Waals surface area contributed by atoms with Gasteiger partial charge in [0, 0.05) is 73.5 Å². The van der Waals surface area contributed by atoms with Gasteiger partial charge >= 0.3 is 0 Å². The van der Waals surface area contributed by atoms with Crippen LogP contribution in [-0.4, -0.2) is 179 Å². The number of piperidine rings is 1. The summed E-state index contributed by atoms with van der Waals surface area (Å²) in [4.78, 5) is 84.1. The van der Waals surface area contributed by atoms with E-state index < -0.39 is 41.8 Å². The van der Waals surface area contributed by atoms with Crippen LogP contribution >= 0.6 is 11.8 Å². The summed E-state index contributed by atoms with van der Waals surface area (Å²) < 4.78 is 47.3. The molecule has 5 atom stereocenters. The summed E-state index contributed by atoms with van der Waals surface area (Å²) in [5, 5.41) is 22.0. The number of nitrogens with two attached hydrogens (primary N) is 1. The predicted molar refractivity (Wildman–Crippen MR) is 288 cm³/mol. The Morgan fingerprint density at radius 3 is 2.46 bits per heavy atom. The van der Waals surface area contributed by atoms with Gasteiger partial charge in [0.2, 0.25) is 17.7 Å². The highest BCUT2D eigenvalue weighted by Gasteiger charge is 2.43. The largest absolute Gasteiger partial charge is 0.482 e. The number of thioether (sulfide) groups is 1. The van der Waals surface area contributed by atoms with Crippen LogP contribution in [0.1, 0.15) is 89.7 Å². The van der Waals surface area contributed by atoms with E-state index in [9.17, 15) is 38.0 Å². The van der Waals surface area contributed by atoms with Gasteiger partial charge in [-0.25, -0.2) is 13.8 Å². The van der Waals surface area contributed by atoms with Crippen molar-refractivity contribution in [3.63, 3.8) is 0 Å². The lowest BCUT2D eigenvalue weighted by Crippen LogP contribution is -2.58. The third kappa shape index (κ3) is 13.5. The van der Waals surface area contributed by atoms with E-state index in [1.807, 2.05) is 4.90 Å². The van der Waals surface area contributed by atoms with E-state index in [2.05, 4.69) is 26.6 Å². The van der Waals surface area contributed by atoms with E-state index in [0.29, 0.717) is 92.4 Å². The number of rotatable bonds is 20. The number of ether oxygens (including phenoxy) is 3. The van der Waals surface area contributed by atoms with Crippen molar-refractivity contribution in [1.82, 2.24) is 45.0 Å². The van der Waals surface area contributed by atoms with Crippen molar-refractivity contribution in [2.24, 2.45) is 10.9 Å². The lowest BCUT2D eigenvalue weighted by Gasteiger charge is -2.38. The predicted octanol–water partition coefficient (Wildman–Crippen LogP) is 4.48. The van der Waals surface area contributed by atoms with E-state index in [4.69, 9.17) is 30.0 Å². The Bertz CT molecular complexity index is 2910. The number of carbonyl (C=O) groups is 5. The molecule has 8 rings (SSSR count). The normalized spacial score (nSPS) is 19.6. The van der Waals surface area contributed by atoms with Crippen LogP contribution in [-0.2, 0) is 36.9 Å². The smallest absolute Gasteiger partial charge is 0.254 e. The lowest BCUT2D eigenvalue weighted by atomic mass is 9.88. The molecule has 4 aliphatic rings. The molecule has 6 heterocycles. The van der Waals surface area contributed by atoms with Gasteiger partial charge in [0.25, 0.3) is 5.91 Å². The quantitative estimate of drug-likeness (QED) is 0.0817. The van der Waals surface area contributed by atoms with Gasteiger partial charge in [0.1, 0.15) is 41.6 Å². The maximum Gasteiger partial charge on any atom is 0.254 e. The van der Waals surface area contributed by atoms with Crippen LogP contribution in [0.15, 0.2) is 59.7 Å². The second-order valence-corrected chi connectivity index (χ2v) is 21.1. The summed E-state index contributed by atoms with van der Waals surface area (Å²) in [5.41, 5.74) is 8.70. The summed E-state index contributed by atoms with van der Waals surface area (Å²) in [7, 11) is 4.96. The number of hydrogen-bond acceptors (Lipinski definition) is 16. The summed E-state index contributed by atoms with van der Waals surface area (Å²) >= 11 is 1.48. The summed E-state index contributed by atoms with van der Waals surface area (Å²) in [6.45, 7) is 7.72. The molecule has 2 saturated heterocycles. The Labute approximate surface area is 457 Å². The number of nitrogens with zero attached hydrogens (tertiary/aromatic N) is 9. The molecule has 0 aliphatic carbocycles. The molecule has 2 aromatic carbocycles. The second-order valence-electron chi connectivity index (χ2n) is 20.1. The Morgan fingerprint density at radius 2 is 1.73 bits per heavy atom. The Hall–Kier alpha value is -6.84. The first kappa shape index (κ1) is 57.3. The molecule has 78 heavy (non-hydrogen) atoms. The molecule has 2 fully saturated rings. The van der Waals surface area contributed by atoms with Gasteiger partial charge in [-0.1, -0.05) is 0 Å². The van der Waals surface area contributed by atoms with Gasteiger partial charge < -0.3 is 50.2 Å². The molecule has 4 amide bonds. The van der Waals surface area contributed by atoms with Crippen LogP contribution in [0.3, 0.4) is 0 Å². The Morgan fingerprint density at radius 1 is 1.00 bits per heavy atom. The van der Waals surface area contributed by atoms with Crippen LogP contribution in [0.4, 0.5) is 14.6 Å². The molecule has 20 nitrogen and oxygen atoms in total. The number of nitrogens with one attached hydrogen (secondary N) is 2. The SMILES string of the molecule is CN[C@@H](C)C(=O)N[C@H](C(=O)N1CCC[C@H]1C1=NC(C(=O)c2ccc(F)cc2)CS1)C1CCN(CCOCCOCCC(=O)N(C)CCn2nc3c(c2C#N)-c2cnc(N)c(c2)O[C@H](C)c2cc(F)ccc2C(=O)N(C)C3)CC1. The molecule has 4 aromatic rings. The zero-order valence-electron chi connectivity index (χ0n) is 44.7. The average molecular weight is 1100 g/mol. The van der Waals surface area contributed by atoms with Crippen LogP contribution in [0, 0.1) is 28.9 Å². The molecular formula is C55H68F2N12O8S. The van der Waals surface area contributed by atoms with E-state index >= 15 is 0 Å². The number of fused-ring (bicyclic) bond motifs is 5. The van der Waals surface area contributed by atoms with Crippen molar-refractivity contribution >= 4 is 52.0 Å². The molecule has 0 radical (unpaired) electrons. The van der Waals surface area contributed by atoms with E-state index in [1.54, 1.807) is 46.0 Å². The fourth-order valence-electron chi connectivity index (χ4n) is 10.2. The van der Waals surface area contributed by atoms with Gasteiger partial charge in [-0.15, -0.1) is 11.8 Å². The first-order valence-electron chi connectivity index (χ1n) is 26.4. The molecule has 0 saturated carbocycles. The maximum absolute atomic E-state index is 14.5. The molecule has 416 valence electrons. The first-order valence-corrected chi connectivity index (χ1v) is 27.4. The number of carbonyl (C=O) groups excluding carboxylic acids is 5. The molecular weight excluding hydrogens is 1030 g/mol. The van der Waals surface area contributed by atoms with Crippen molar-refractivity contribution in [2.45, 2.75) is 89.3 Å². The van der Waals surface area contributed by atoms with Crippen molar-refractivity contribution in [3.05, 3.63) is 94.4 Å². The summed E-state index contributed by atoms with van der Waals surface area (Å²) in [5.74, 6) is -1.46. The Balaban J connectivity index is 0.773. The van der Waals surface area contributed by atoms with Crippen molar-refractivity contribution in [1.29, 1.82) is 5.26 Å². The minimum Gasteiger partial charge on any atom is -0.482 e. The monoisotopic (exact) mass is 1090 g/mol. The number of nitrogen functional groups attached to an aromatic ring is 1. The molecule has 4 aliphatic heterocycles. The topological polar surface area (TPSA) is 243 Å². The molecule has 0 spiro atoms. The number of likely N-dealkylation sites (N-methyl/N-ethyl adjacent to an activating group) is 2. The maximum atomic E-state index is 14.5. The fourth-order valence-corrected chi connectivity index (χ4v) is 11.4. The van der Waals surface area contributed by atoms with E-state index in [0.717, 1.165) is 11.5 Å². The molecule has 2 aromatic heterocycles. The van der Waals surface area contributed by atoms with Crippen LogP contribution in [0.2, 0.25) is 0 Å². The minimum atomic E-state index is -0.774. The average Bonchev–Trinajstić information content (AvgIpc) is 4.29. The highest BCUT2D eigenvalue weighted by atomic mass is 32.2. The van der Waals surface area contributed by atoms with Gasteiger partial charge in [0.05, 0.1) is 68.8 Å². The van der Waals surface area contributed by atoms with E-state index in [-0.39, 0.29) is 97.6 Å². The third-order valence-corrected chi connectivity index (χ3v) is 16.1. The minimum absolute atomic E-state index is 0.00791. The number of ketones is 1. The van der Waals surface area contributed by atoms with Crippen molar-refractivity contribution in [2.75, 3.05) is 91.8 Å². The highest BCUT2D eigenvalue weighted by molar-refractivity contribution is 8.14. The molecule has 2 bridgehead atoms. The van der Waals surface area contributed by atoms with Gasteiger partial charge in [-0.05, 0) is 114 Å². The van der Waals surface area contributed by atoms with Gasteiger partial charge in [-0.2, -0.15) is 10.4 Å². The first-order chi connectivity index (χ1) is 37.5. The van der Waals surface area contributed by atoms with Crippen molar-refractivity contribution in [3.8, 4) is 22.9 Å². The number of aromatic nitrogens is 3. The molecule has 4 N–H and O–H groups in total.